The van der Waals surface area contributed by atoms with Gasteiger partial charge in [0.05, 0.1) is 5.75 Å². The number of aromatic nitrogens is 4. The molecule has 0 aliphatic carbocycles. The van der Waals surface area contributed by atoms with Crippen molar-refractivity contribution in [1.29, 1.82) is 0 Å². The topological polar surface area (TPSA) is 110 Å². The van der Waals surface area contributed by atoms with Gasteiger partial charge in [0.2, 0.25) is 11.1 Å². The SMILES string of the molecule is CCCNC(=O)Cn1nnnc1SCC(=O)O. The van der Waals surface area contributed by atoms with Crippen LogP contribution >= 0.6 is 11.8 Å². The second-order valence-corrected chi connectivity index (χ2v) is 4.09. The Kier molecular flexibility index (Phi) is 5.40. The molecule has 0 atom stereocenters. The molecule has 9 heteroatoms. The number of tetrazole rings is 1. The number of hydrogen-bond acceptors (Lipinski definition) is 6. The summed E-state index contributed by atoms with van der Waals surface area (Å²) in [4.78, 5) is 21.8. The van der Waals surface area contributed by atoms with Crippen LogP contribution in [0.1, 0.15) is 13.3 Å². The summed E-state index contributed by atoms with van der Waals surface area (Å²) in [5, 5.41) is 22.2. The number of nitrogens with zero attached hydrogens (tertiary/aromatic N) is 4. The van der Waals surface area contributed by atoms with Crippen LogP contribution in [0.15, 0.2) is 5.16 Å². The normalized spacial score (nSPS) is 10.2. The average Bonchev–Trinajstić information content (AvgIpc) is 2.71. The van der Waals surface area contributed by atoms with E-state index >= 15 is 0 Å². The fourth-order valence-corrected chi connectivity index (χ4v) is 1.58. The Morgan fingerprint density at radius 3 is 2.94 bits per heavy atom. The molecule has 1 aromatic heterocycles. The fourth-order valence-electron chi connectivity index (χ4n) is 0.982. The van der Waals surface area contributed by atoms with Gasteiger partial charge >= 0.3 is 5.97 Å². The Balaban J connectivity index is 2.50. The second kappa shape index (κ2) is 6.84. The van der Waals surface area contributed by atoms with Crippen molar-refractivity contribution in [3.05, 3.63) is 0 Å². The molecule has 0 saturated heterocycles. The number of hydrogen-bond donors (Lipinski definition) is 2. The third kappa shape index (κ3) is 4.81. The van der Waals surface area contributed by atoms with Crippen molar-refractivity contribution in [2.75, 3.05) is 12.3 Å². The standard InChI is InChI=1S/C8H13N5O3S/c1-2-3-9-6(14)4-13-8(10-11-12-13)17-5-7(15)16/h2-5H2,1H3,(H,9,14)(H,15,16). The van der Waals surface area contributed by atoms with Crippen LogP contribution in [0.3, 0.4) is 0 Å². The molecular formula is C8H13N5O3S. The zero-order chi connectivity index (χ0) is 12.7. The lowest BCUT2D eigenvalue weighted by molar-refractivity contribution is -0.133. The van der Waals surface area contributed by atoms with Crippen LogP contribution in [0, 0.1) is 0 Å². The molecule has 0 spiro atoms. The van der Waals surface area contributed by atoms with Crippen LogP contribution < -0.4 is 5.32 Å². The predicted octanol–water partition coefficient (Wildman–Crippen LogP) is -0.624. The van der Waals surface area contributed by atoms with Gasteiger partial charge < -0.3 is 10.4 Å². The Morgan fingerprint density at radius 1 is 1.53 bits per heavy atom. The van der Waals surface area contributed by atoms with Gasteiger partial charge in [-0.2, -0.15) is 0 Å². The van der Waals surface area contributed by atoms with E-state index in [1.165, 1.54) is 4.68 Å². The van der Waals surface area contributed by atoms with Crippen molar-refractivity contribution >= 4 is 23.6 Å². The molecule has 17 heavy (non-hydrogen) atoms. The van der Waals surface area contributed by atoms with Gasteiger partial charge in [0.15, 0.2) is 0 Å². The van der Waals surface area contributed by atoms with Crippen molar-refractivity contribution in [3.8, 4) is 0 Å². The molecule has 0 aromatic carbocycles. The van der Waals surface area contributed by atoms with Crippen molar-refractivity contribution in [1.82, 2.24) is 25.5 Å². The van der Waals surface area contributed by atoms with Crippen molar-refractivity contribution < 1.29 is 14.7 Å². The highest BCUT2D eigenvalue weighted by Crippen LogP contribution is 2.12. The van der Waals surface area contributed by atoms with Crippen LogP contribution in [0.4, 0.5) is 0 Å². The summed E-state index contributed by atoms with van der Waals surface area (Å²) in [7, 11) is 0. The summed E-state index contributed by atoms with van der Waals surface area (Å²) in [5.74, 6) is -1.30. The van der Waals surface area contributed by atoms with Crippen LogP contribution in [0.25, 0.3) is 0 Å². The van der Waals surface area contributed by atoms with E-state index < -0.39 is 5.97 Å². The molecule has 2 N–H and O–H groups in total. The highest BCUT2D eigenvalue weighted by molar-refractivity contribution is 7.99. The molecule has 1 rings (SSSR count). The van der Waals surface area contributed by atoms with Crippen molar-refractivity contribution in [3.63, 3.8) is 0 Å². The number of carbonyl (C=O) groups excluding carboxylic acids is 1. The molecule has 0 fully saturated rings. The smallest absolute Gasteiger partial charge is 0.313 e. The van der Waals surface area contributed by atoms with Crippen molar-refractivity contribution in [2.24, 2.45) is 0 Å². The average molecular weight is 259 g/mol. The lowest BCUT2D eigenvalue weighted by Gasteiger charge is -2.04. The van der Waals surface area contributed by atoms with E-state index in [2.05, 4.69) is 20.8 Å². The number of aliphatic carboxylic acids is 1. The van der Waals surface area contributed by atoms with Crippen LogP contribution in [-0.4, -0.2) is 49.5 Å². The summed E-state index contributed by atoms with van der Waals surface area (Å²) in [6, 6.07) is 0. The summed E-state index contributed by atoms with van der Waals surface area (Å²) in [6.45, 7) is 2.54. The highest BCUT2D eigenvalue weighted by atomic mass is 32.2. The van der Waals surface area contributed by atoms with Gasteiger partial charge in [-0.15, -0.1) is 5.10 Å². The first-order valence-electron chi connectivity index (χ1n) is 5.01. The van der Waals surface area contributed by atoms with Gasteiger partial charge in [0, 0.05) is 6.54 Å². The number of carbonyl (C=O) groups is 2. The van der Waals surface area contributed by atoms with E-state index in [0.29, 0.717) is 11.7 Å². The van der Waals surface area contributed by atoms with E-state index in [1.54, 1.807) is 0 Å². The van der Waals surface area contributed by atoms with Gasteiger partial charge in [-0.1, -0.05) is 18.7 Å². The summed E-state index contributed by atoms with van der Waals surface area (Å²) < 4.78 is 1.28. The number of nitrogens with one attached hydrogen (secondary N) is 1. The summed E-state index contributed by atoms with van der Waals surface area (Å²) in [6.07, 6.45) is 0.849. The highest BCUT2D eigenvalue weighted by Gasteiger charge is 2.11. The van der Waals surface area contributed by atoms with E-state index in [4.69, 9.17) is 5.11 Å². The molecule has 94 valence electrons. The molecule has 8 nitrogen and oxygen atoms in total. The van der Waals surface area contributed by atoms with E-state index in [1.807, 2.05) is 6.92 Å². The number of thioether (sulfide) groups is 1. The third-order valence-corrected chi connectivity index (χ3v) is 2.63. The number of amides is 1. The fraction of sp³-hybridized carbons (Fsp3) is 0.625. The molecule has 0 aliphatic heterocycles. The monoisotopic (exact) mass is 259 g/mol. The molecular weight excluding hydrogens is 246 g/mol. The van der Waals surface area contributed by atoms with E-state index in [-0.39, 0.29) is 18.2 Å². The van der Waals surface area contributed by atoms with E-state index in [9.17, 15) is 9.59 Å². The second-order valence-electron chi connectivity index (χ2n) is 3.15. The Bertz CT molecular complexity index is 394. The Hall–Kier alpha value is -1.64. The maximum absolute atomic E-state index is 11.4. The Morgan fingerprint density at radius 2 is 2.29 bits per heavy atom. The lowest BCUT2D eigenvalue weighted by Crippen LogP contribution is -2.28. The summed E-state index contributed by atoms with van der Waals surface area (Å²) >= 11 is 0.975. The quantitative estimate of drug-likeness (QED) is 0.627. The number of rotatable bonds is 7. The largest absolute Gasteiger partial charge is 0.481 e. The van der Waals surface area contributed by atoms with Crippen LogP contribution in [-0.2, 0) is 16.1 Å². The van der Waals surface area contributed by atoms with Gasteiger partial charge in [-0.05, 0) is 16.8 Å². The van der Waals surface area contributed by atoms with Gasteiger partial charge in [0.25, 0.3) is 0 Å². The number of carboxylic acids is 1. The molecule has 0 aliphatic rings. The van der Waals surface area contributed by atoms with Gasteiger partial charge in [-0.25, -0.2) is 4.68 Å². The number of carboxylic acid groups (broad SMARTS) is 1. The molecule has 0 unspecified atom stereocenters. The third-order valence-electron chi connectivity index (χ3n) is 1.69. The van der Waals surface area contributed by atoms with Gasteiger partial charge in [-0.3, -0.25) is 9.59 Å². The molecule has 1 heterocycles. The minimum Gasteiger partial charge on any atom is -0.481 e. The summed E-state index contributed by atoms with van der Waals surface area (Å²) in [5.41, 5.74) is 0. The maximum Gasteiger partial charge on any atom is 0.313 e. The van der Waals surface area contributed by atoms with Crippen molar-refractivity contribution in [2.45, 2.75) is 25.0 Å². The van der Waals surface area contributed by atoms with E-state index in [0.717, 1.165) is 18.2 Å². The minimum absolute atomic E-state index is 0.00501. The molecule has 0 saturated carbocycles. The van der Waals surface area contributed by atoms with Crippen LogP contribution in [0.5, 0.6) is 0 Å². The first kappa shape index (κ1) is 13.4. The molecule has 0 radical (unpaired) electrons. The minimum atomic E-state index is -0.958. The molecule has 1 aromatic rings. The Labute approximate surface area is 102 Å². The van der Waals surface area contributed by atoms with Gasteiger partial charge in [0.1, 0.15) is 6.54 Å². The zero-order valence-electron chi connectivity index (χ0n) is 9.29. The molecule has 1 amide bonds. The maximum atomic E-state index is 11.4. The first-order chi connectivity index (χ1) is 8.13. The zero-order valence-corrected chi connectivity index (χ0v) is 10.1. The first-order valence-corrected chi connectivity index (χ1v) is 5.99. The van der Waals surface area contributed by atoms with Crippen LogP contribution in [0.2, 0.25) is 0 Å². The predicted molar refractivity (Wildman–Crippen MR) is 59.5 cm³/mol. The lowest BCUT2D eigenvalue weighted by atomic mass is 10.4. The molecule has 0 bridgehead atoms.